The molecule has 1 aliphatic heterocycles. The molecule has 0 aliphatic carbocycles. The molecule has 0 fully saturated rings. The molecule has 0 bridgehead atoms. The third kappa shape index (κ3) is 5.96. The van der Waals surface area contributed by atoms with Crippen LogP contribution >= 0.6 is 11.8 Å². The van der Waals surface area contributed by atoms with Crippen molar-refractivity contribution in [3.63, 3.8) is 0 Å². The molecule has 170 valence electrons. The number of amides is 2. The lowest BCUT2D eigenvalue weighted by molar-refractivity contribution is 0.0635. The van der Waals surface area contributed by atoms with Crippen LogP contribution in [0.25, 0.3) is 0 Å². The average Bonchev–Trinajstić information content (AvgIpc) is 2.90. The number of carbonyl (C=O) groups is 2. The van der Waals surface area contributed by atoms with Crippen LogP contribution in [0.1, 0.15) is 47.5 Å². The summed E-state index contributed by atoms with van der Waals surface area (Å²) >= 11 is 1.68. The molecule has 33 heavy (non-hydrogen) atoms. The summed E-state index contributed by atoms with van der Waals surface area (Å²) in [6.07, 6.45) is -0.487. The van der Waals surface area contributed by atoms with Crippen LogP contribution in [0.4, 0.5) is 10.5 Å². The molecule has 0 saturated heterocycles. The van der Waals surface area contributed by atoms with Gasteiger partial charge in [-0.15, -0.1) is 11.8 Å². The molecule has 1 heterocycles. The van der Waals surface area contributed by atoms with E-state index in [1.54, 1.807) is 11.8 Å². The van der Waals surface area contributed by atoms with E-state index in [9.17, 15) is 9.59 Å². The first-order valence-electron chi connectivity index (χ1n) is 11.0. The van der Waals surface area contributed by atoms with Gasteiger partial charge in [0.05, 0.1) is 10.8 Å². The fourth-order valence-corrected chi connectivity index (χ4v) is 5.02. The van der Waals surface area contributed by atoms with Gasteiger partial charge in [0.25, 0.3) is 5.91 Å². The second kappa shape index (κ2) is 9.71. The van der Waals surface area contributed by atoms with Gasteiger partial charge in [0.15, 0.2) is 0 Å². The van der Waals surface area contributed by atoms with Crippen LogP contribution < -0.4 is 5.32 Å². The molecule has 1 N–H and O–H groups in total. The number of benzene rings is 3. The molecule has 2 amide bonds. The fraction of sp³-hybridized carbons (Fsp3) is 0.259. The predicted octanol–water partition coefficient (Wildman–Crippen LogP) is 6.52. The van der Waals surface area contributed by atoms with Gasteiger partial charge in [-0.05, 0) is 56.2 Å². The summed E-state index contributed by atoms with van der Waals surface area (Å²) in [7, 11) is 0. The van der Waals surface area contributed by atoms with Gasteiger partial charge in [-0.1, -0.05) is 54.6 Å². The van der Waals surface area contributed by atoms with Crippen molar-refractivity contribution in [2.24, 2.45) is 0 Å². The van der Waals surface area contributed by atoms with E-state index in [2.05, 4.69) is 5.32 Å². The zero-order valence-corrected chi connectivity index (χ0v) is 19.9. The summed E-state index contributed by atoms with van der Waals surface area (Å²) in [6, 6.07) is 25.6. The maximum atomic E-state index is 13.4. The Kier molecular flexibility index (Phi) is 6.75. The highest BCUT2D eigenvalue weighted by Crippen LogP contribution is 2.41. The first kappa shape index (κ1) is 22.9. The molecule has 0 radical (unpaired) electrons. The van der Waals surface area contributed by atoms with Crippen LogP contribution in [0.5, 0.6) is 0 Å². The highest BCUT2D eigenvalue weighted by Gasteiger charge is 2.29. The van der Waals surface area contributed by atoms with E-state index in [0.717, 1.165) is 21.6 Å². The summed E-state index contributed by atoms with van der Waals surface area (Å²) in [5.74, 6) is 0.0347. The number of thioether (sulfide) groups is 1. The molecule has 3 aromatic rings. The number of rotatable bonds is 4. The van der Waals surface area contributed by atoms with E-state index in [4.69, 9.17) is 4.74 Å². The summed E-state index contributed by atoms with van der Waals surface area (Å²) in [5.41, 5.74) is 2.95. The zero-order valence-electron chi connectivity index (χ0n) is 19.1. The van der Waals surface area contributed by atoms with Crippen LogP contribution in [-0.4, -0.2) is 29.0 Å². The smallest absolute Gasteiger partial charge is 0.412 e. The Bertz CT molecular complexity index is 1140. The van der Waals surface area contributed by atoms with E-state index in [-0.39, 0.29) is 11.2 Å². The topological polar surface area (TPSA) is 58.6 Å². The Hall–Kier alpha value is -3.25. The standard InChI is InChI=1S/C27H28N2O3S/c1-27(2,3)32-26(31)28-21-13-9-12-20(16-21)24-18-29(17-19-10-5-4-6-11-19)25(30)22-14-7-8-15-23(22)33-24/h4-16,24H,17-18H2,1-3H3,(H,28,31). The van der Waals surface area contributed by atoms with Gasteiger partial charge in [0, 0.05) is 23.7 Å². The Morgan fingerprint density at radius 2 is 1.76 bits per heavy atom. The highest BCUT2D eigenvalue weighted by atomic mass is 32.2. The molecular formula is C27H28N2O3S. The van der Waals surface area contributed by atoms with Crippen molar-refractivity contribution >= 4 is 29.4 Å². The lowest BCUT2D eigenvalue weighted by Crippen LogP contribution is -2.32. The number of fused-ring (bicyclic) bond motifs is 1. The molecule has 1 atom stereocenters. The lowest BCUT2D eigenvalue weighted by atomic mass is 10.1. The predicted molar refractivity (Wildman–Crippen MR) is 133 cm³/mol. The zero-order chi connectivity index (χ0) is 23.4. The van der Waals surface area contributed by atoms with E-state index < -0.39 is 11.7 Å². The normalized spacial score (nSPS) is 16.0. The van der Waals surface area contributed by atoms with Crippen molar-refractivity contribution in [3.8, 4) is 0 Å². The van der Waals surface area contributed by atoms with Crippen molar-refractivity contribution in [1.82, 2.24) is 4.90 Å². The minimum atomic E-state index is -0.569. The van der Waals surface area contributed by atoms with Crippen molar-refractivity contribution in [1.29, 1.82) is 0 Å². The number of anilines is 1. The van der Waals surface area contributed by atoms with Gasteiger partial charge < -0.3 is 9.64 Å². The molecule has 6 heteroatoms. The molecule has 1 unspecified atom stereocenters. The summed E-state index contributed by atoms with van der Waals surface area (Å²) in [5, 5.41) is 2.84. The molecule has 0 spiro atoms. The quantitative estimate of drug-likeness (QED) is 0.481. The number of hydrogen-bond acceptors (Lipinski definition) is 4. The molecule has 5 nitrogen and oxygen atoms in total. The van der Waals surface area contributed by atoms with E-state index >= 15 is 0 Å². The van der Waals surface area contributed by atoms with Crippen LogP contribution in [0.2, 0.25) is 0 Å². The first-order valence-corrected chi connectivity index (χ1v) is 11.9. The van der Waals surface area contributed by atoms with Gasteiger partial charge >= 0.3 is 6.09 Å². The van der Waals surface area contributed by atoms with E-state index in [0.29, 0.717) is 18.8 Å². The summed E-state index contributed by atoms with van der Waals surface area (Å²) < 4.78 is 5.38. The third-order valence-corrected chi connectivity index (χ3v) is 6.50. The van der Waals surface area contributed by atoms with Crippen molar-refractivity contribution in [3.05, 3.63) is 95.6 Å². The Morgan fingerprint density at radius 3 is 2.52 bits per heavy atom. The minimum absolute atomic E-state index is 0.0155. The van der Waals surface area contributed by atoms with Crippen LogP contribution in [0, 0.1) is 0 Å². The maximum Gasteiger partial charge on any atom is 0.412 e. The number of ether oxygens (including phenoxy) is 1. The Labute approximate surface area is 199 Å². The fourth-order valence-electron chi connectivity index (χ4n) is 3.74. The van der Waals surface area contributed by atoms with Gasteiger partial charge in [-0.3, -0.25) is 10.1 Å². The second-order valence-corrected chi connectivity index (χ2v) is 10.3. The molecule has 3 aromatic carbocycles. The molecule has 4 rings (SSSR count). The van der Waals surface area contributed by atoms with Crippen LogP contribution in [0.3, 0.4) is 0 Å². The first-order chi connectivity index (χ1) is 15.8. The monoisotopic (exact) mass is 460 g/mol. The minimum Gasteiger partial charge on any atom is -0.444 e. The molecule has 0 saturated carbocycles. The number of nitrogens with zero attached hydrogens (tertiary/aromatic N) is 1. The number of nitrogens with one attached hydrogen (secondary N) is 1. The molecular weight excluding hydrogens is 432 g/mol. The molecule has 0 aromatic heterocycles. The van der Waals surface area contributed by atoms with Crippen molar-refractivity contribution < 1.29 is 14.3 Å². The summed E-state index contributed by atoms with van der Waals surface area (Å²) in [4.78, 5) is 28.5. The SMILES string of the molecule is CC(C)(C)OC(=O)Nc1cccc(C2CN(Cc3ccccc3)C(=O)c3ccccc3S2)c1. The van der Waals surface area contributed by atoms with Crippen molar-refractivity contribution in [2.45, 2.75) is 43.1 Å². The summed E-state index contributed by atoms with van der Waals surface area (Å²) in [6.45, 7) is 6.60. The Morgan fingerprint density at radius 1 is 1.03 bits per heavy atom. The van der Waals surface area contributed by atoms with E-state index in [1.807, 2.05) is 105 Å². The Balaban J connectivity index is 1.61. The van der Waals surface area contributed by atoms with Gasteiger partial charge in [-0.25, -0.2) is 4.79 Å². The van der Waals surface area contributed by atoms with Crippen molar-refractivity contribution in [2.75, 3.05) is 11.9 Å². The van der Waals surface area contributed by atoms with Gasteiger partial charge in [0.1, 0.15) is 5.60 Å². The lowest BCUT2D eigenvalue weighted by Gasteiger charge is -2.25. The molecule has 1 aliphatic rings. The third-order valence-electron chi connectivity index (χ3n) is 5.18. The number of carbonyl (C=O) groups excluding carboxylic acids is 2. The highest BCUT2D eigenvalue weighted by molar-refractivity contribution is 7.99. The second-order valence-electron chi connectivity index (χ2n) is 9.03. The van der Waals surface area contributed by atoms with Gasteiger partial charge in [0.2, 0.25) is 0 Å². The van der Waals surface area contributed by atoms with Crippen LogP contribution in [-0.2, 0) is 11.3 Å². The maximum absolute atomic E-state index is 13.4. The van der Waals surface area contributed by atoms with E-state index in [1.165, 1.54) is 0 Å². The van der Waals surface area contributed by atoms with Gasteiger partial charge in [-0.2, -0.15) is 0 Å². The largest absolute Gasteiger partial charge is 0.444 e. The number of hydrogen-bond donors (Lipinski definition) is 1. The van der Waals surface area contributed by atoms with Crippen LogP contribution in [0.15, 0.2) is 83.8 Å². The average molecular weight is 461 g/mol.